The third-order valence-corrected chi connectivity index (χ3v) is 3.43. The van der Waals surface area contributed by atoms with Crippen molar-refractivity contribution in [1.82, 2.24) is 9.97 Å². The number of ether oxygens (including phenoxy) is 1. The van der Waals surface area contributed by atoms with Crippen LogP contribution in [0.25, 0.3) is 0 Å². The molecule has 1 saturated heterocycles. The van der Waals surface area contributed by atoms with Crippen LogP contribution in [0.3, 0.4) is 0 Å². The molecule has 1 aromatic rings. The molecule has 0 amide bonds. The number of nitrogens with zero attached hydrogens (tertiary/aromatic N) is 3. The number of aliphatic hydroxyl groups is 1. The van der Waals surface area contributed by atoms with E-state index in [1.54, 1.807) is 0 Å². The first-order valence-corrected chi connectivity index (χ1v) is 6.02. The Kier molecular flexibility index (Phi) is 4.15. The quantitative estimate of drug-likeness (QED) is 0.826. The molecule has 2 heterocycles. The standard InChI is InChI=1S/C11H16ClN3O2/c1-15(8-2-4-17-5-3-8)11-9(6-16)10(12)13-7-14-11/h7-8,16H,2-6H2,1H3. The smallest absolute Gasteiger partial charge is 0.140 e. The maximum absolute atomic E-state index is 9.33. The predicted octanol–water partition coefficient (Wildman–Crippen LogP) is 1.24. The summed E-state index contributed by atoms with van der Waals surface area (Å²) in [5.41, 5.74) is 0.586. The molecule has 0 atom stereocenters. The highest BCUT2D eigenvalue weighted by Gasteiger charge is 2.22. The molecule has 1 fully saturated rings. The minimum atomic E-state index is -0.150. The number of halogens is 1. The average molecular weight is 258 g/mol. The number of hydrogen-bond donors (Lipinski definition) is 1. The molecule has 0 radical (unpaired) electrons. The van der Waals surface area contributed by atoms with Crippen molar-refractivity contribution >= 4 is 17.4 Å². The Labute approximate surface area is 105 Å². The van der Waals surface area contributed by atoms with Crippen molar-refractivity contribution in [3.8, 4) is 0 Å². The van der Waals surface area contributed by atoms with E-state index in [4.69, 9.17) is 16.3 Å². The van der Waals surface area contributed by atoms with Crippen LogP contribution in [0.15, 0.2) is 6.33 Å². The fourth-order valence-corrected chi connectivity index (χ4v) is 2.26. The fourth-order valence-electron chi connectivity index (χ4n) is 2.07. The van der Waals surface area contributed by atoms with Gasteiger partial charge in [0.25, 0.3) is 0 Å². The summed E-state index contributed by atoms with van der Waals surface area (Å²) in [4.78, 5) is 10.2. The molecule has 0 aliphatic carbocycles. The van der Waals surface area contributed by atoms with Crippen LogP contribution in [-0.2, 0) is 11.3 Å². The van der Waals surface area contributed by atoms with Crippen LogP contribution in [-0.4, -0.2) is 41.4 Å². The van der Waals surface area contributed by atoms with Crippen LogP contribution in [0.4, 0.5) is 5.82 Å². The van der Waals surface area contributed by atoms with Gasteiger partial charge in [-0.15, -0.1) is 0 Å². The molecule has 5 nitrogen and oxygen atoms in total. The van der Waals surface area contributed by atoms with Gasteiger partial charge in [0.15, 0.2) is 0 Å². The first kappa shape index (κ1) is 12.5. The first-order chi connectivity index (χ1) is 8.24. The van der Waals surface area contributed by atoms with Crippen LogP contribution in [0.1, 0.15) is 18.4 Å². The van der Waals surface area contributed by atoms with Gasteiger partial charge in [0.1, 0.15) is 17.3 Å². The third kappa shape index (κ3) is 2.68. The van der Waals surface area contributed by atoms with Crippen molar-refractivity contribution < 1.29 is 9.84 Å². The Morgan fingerprint density at radius 2 is 2.18 bits per heavy atom. The first-order valence-electron chi connectivity index (χ1n) is 5.65. The molecule has 1 aliphatic rings. The van der Waals surface area contributed by atoms with Gasteiger partial charge in [0.2, 0.25) is 0 Å². The van der Waals surface area contributed by atoms with Crippen molar-refractivity contribution in [1.29, 1.82) is 0 Å². The maximum Gasteiger partial charge on any atom is 0.140 e. The Morgan fingerprint density at radius 1 is 1.47 bits per heavy atom. The fraction of sp³-hybridized carbons (Fsp3) is 0.636. The Hall–Kier alpha value is -0.910. The van der Waals surface area contributed by atoms with E-state index in [9.17, 15) is 5.11 Å². The molecule has 2 rings (SSSR count). The van der Waals surface area contributed by atoms with E-state index in [2.05, 4.69) is 14.9 Å². The Balaban J connectivity index is 2.23. The molecular weight excluding hydrogens is 242 g/mol. The summed E-state index contributed by atoms with van der Waals surface area (Å²) in [5, 5.41) is 9.65. The molecule has 0 aromatic carbocycles. The zero-order chi connectivity index (χ0) is 12.3. The summed E-state index contributed by atoms with van der Waals surface area (Å²) in [5.74, 6) is 0.708. The SMILES string of the molecule is CN(c1ncnc(Cl)c1CO)C1CCOCC1. The van der Waals surface area contributed by atoms with E-state index in [1.807, 2.05) is 7.05 Å². The van der Waals surface area contributed by atoms with E-state index in [0.29, 0.717) is 22.6 Å². The molecule has 0 spiro atoms. The average Bonchev–Trinajstić information content (AvgIpc) is 2.38. The summed E-state index contributed by atoms with van der Waals surface area (Å²) < 4.78 is 5.33. The van der Waals surface area contributed by atoms with Crippen LogP contribution in [0.5, 0.6) is 0 Å². The van der Waals surface area contributed by atoms with Crippen LogP contribution in [0, 0.1) is 0 Å². The van der Waals surface area contributed by atoms with Gasteiger partial charge < -0.3 is 14.7 Å². The lowest BCUT2D eigenvalue weighted by Gasteiger charge is -2.32. The molecular formula is C11H16ClN3O2. The second-order valence-electron chi connectivity index (χ2n) is 4.08. The topological polar surface area (TPSA) is 58.5 Å². The van der Waals surface area contributed by atoms with Crippen molar-refractivity contribution in [2.75, 3.05) is 25.2 Å². The normalized spacial score (nSPS) is 17.1. The minimum absolute atomic E-state index is 0.150. The second kappa shape index (κ2) is 5.62. The molecule has 0 bridgehead atoms. The number of hydrogen-bond acceptors (Lipinski definition) is 5. The summed E-state index contributed by atoms with van der Waals surface area (Å²) in [6, 6.07) is 0.375. The van der Waals surface area contributed by atoms with Crippen LogP contribution in [0.2, 0.25) is 5.15 Å². The Morgan fingerprint density at radius 3 is 2.82 bits per heavy atom. The lowest BCUT2D eigenvalue weighted by Crippen LogP contribution is -2.37. The van der Waals surface area contributed by atoms with E-state index in [0.717, 1.165) is 26.1 Å². The van der Waals surface area contributed by atoms with Crippen molar-refractivity contribution in [2.45, 2.75) is 25.5 Å². The Bertz CT molecular complexity index is 383. The summed E-state index contributed by atoms with van der Waals surface area (Å²) in [6.07, 6.45) is 3.35. The highest BCUT2D eigenvalue weighted by Crippen LogP contribution is 2.26. The van der Waals surface area contributed by atoms with Crippen molar-refractivity contribution in [2.24, 2.45) is 0 Å². The van der Waals surface area contributed by atoms with Gasteiger partial charge in [-0.3, -0.25) is 0 Å². The maximum atomic E-state index is 9.33. The molecule has 6 heteroatoms. The number of anilines is 1. The van der Waals surface area contributed by atoms with E-state index >= 15 is 0 Å². The van der Waals surface area contributed by atoms with Gasteiger partial charge in [0, 0.05) is 26.3 Å². The van der Waals surface area contributed by atoms with E-state index < -0.39 is 0 Å². The van der Waals surface area contributed by atoms with Gasteiger partial charge >= 0.3 is 0 Å². The zero-order valence-corrected chi connectivity index (χ0v) is 10.5. The molecule has 0 saturated carbocycles. The van der Waals surface area contributed by atoms with Crippen molar-refractivity contribution in [3.63, 3.8) is 0 Å². The molecule has 0 unspecified atom stereocenters. The largest absolute Gasteiger partial charge is 0.391 e. The number of rotatable bonds is 3. The highest BCUT2D eigenvalue weighted by atomic mass is 35.5. The van der Waals surface area contributed by atoms with Gasteiger partial charge in [-0.1, -0.05) is 11.6 Å². The summed E-state index contributed by atoms with van der Waals surface area (Å²) in [6.45, 7) is 1.38. The van der Waals surface area contributed by atoms with Crippen molar-refractivity contribution in [3.05, 3.63) is 17.0 Å². The van der Waals surface area contributed by atoms with Gasteiger partial charge in [-0.05, 0) is 12.8 Å². The lowest BCUT2D eigenvalue weighted by atomic mass is 10.1. The monoisotopic (exact) mass is 257 g/mol. The molecule has 1 aromatic heterocycles. The molecule has 17 heavy (non-hydrogen) atoms. The van der Waals surface area contributed by atoms with Gasteiger partial charge in [0.05, 0.1) is 12.2 Å². The molecule has 94 valence electrons. The number of aromatic nitrogens is 2. The minimum Gasteiger partial charge on any atom is -0.391 e. The molecule has 1 aliphatic heterocycles. The summed E-state index contributed by atoms with van der Waals surface area (Å²) >= 11 is 5.95. The molecule has 1 N–H and O–H groups in total. The van der Waals surface area contributed by atoms with Gasteiger partial charge in [-0.2, -0.15) is 0 Å². The highest BCUT2D eigenvalue weighted by molar-refractivity contribution is 6.30. The van der Waals surface area contributed by atoms with E-state index in [1.165, 1.54) is 6.33 Å². The van der Waals surface area contributed by atoms with Crippen LogP contribution >= 0.6 is 11.6 Å². The van der Waals surface area contributed by atoms with E-state index in [-0.39, 0.29) is 6.61 Å². The predicted molar refractivity (Wildman–Crippen MR) is 65.2 cm³/mol. The summed E-state index contributed by atoms with van der Waals surface area (Å²) in [7, 11) is 1.97. The second-order valence-corrected chi connectivity index (χ2v) is 4.44. The zero-order valence-electron chi connectivity index (χ0n) is 9.77. The van der Waals surface area contributed by atoms with Gasteiger partial charge in [-0.25, -0.2) is 9.97 Å². The number of aliphatic hydroxyl groups excluding tert-OH is 1. The third-order valence-electron chi connectivity index (χ3n) is 3.10. The van der Waals surface area contributed by atoms with Crippen LogP contribution < -0.4 is 4.90 Å². The lowest BCUT2D eigenvalue weighted by molar-refractivity contribution is 0.0853.